The molecule has 0 saturated heterocycles. The first-order chi connectivity index (χ1) is 14.5. The van der Waals surface area contributed by atoms with Crippen molar-refractivity contribution in [3.8, 4) is 0 Å². The first kappa shape index (κ1) is 21.6. The molecule has 0 aliphatic carbocycles. The Morgan fingerprint density at radius 2 is 1.80 bits per heavy atom. The first-order valence-corrected chi connectivity index (χ1v) is 10.3. The fourth-order valence-electron chi connectivity index (χ4n) is 2.93. The van der Waals surface area contributed by atoms with Crippen molar-refractivity contribution in [1.29, 1.82) is 0 Å². The van der Waals surface area contributed by atoms with Gasteiger partial charge < -0.3 is 5.32 Å². The summed E-state index contributed by atoms with van der Waals surface area (Å²) in [6, 6.07) is 7.98. The Morgan fingerprint density at radius 3 is 2.53 bits per heavy atom. The molecule has 3 aromatic rings. The maximum absolute atomic E-state index is 12.3. The normalized spacial score (nSPS) is 10.9. The fourth-order valence-corrected chi connectivity index (χ4v) is 3.03. The van der Waals surface area contributed by atoms with Crippen molar-refractivity contribution in [1.82, 2.24) is 35.3 Å². The third-order valence-corrected chi connectivity index (χ3v) is 4.74. The van der Waals surface area contributed by atoms with Crippen molar-refractivity contribution in [2.24, 2.45) is 0 Å². The van der Waals surface area contributed by atoms with Crippen LogP contribution in [0.5, 0.6) is 0 Å². The number of alkyl halides is 1. The lowest BCUT2D eigenvalue weighted by atomic mass is 10.1. The second-order valence-electron chi connectivity index (χ2n) is 7.07. The quantitative estimate of drug-likeness (QED) is 0.368. The summed E-state index contributed by atoms with van der Waals surface area (Å²) < 4.78 is 3.37. The molecule has 158 valence electrons. The van der Waals surface area contributed by atoms with Crippen LogP contribution in [0.4, 0.5) is 0 Å². The summed E-state index contributed by atoms with van der Waals surface area (Å²) in [4.78, 5) is 23.6. The van der Waals surface area contributed by atoms with Crippen molar-refractivity contribution >= 4 is 23.3 Å². The number of hydrogen-bond donors (Lipinski definition) is 1. The number of aromatic nitrogens is 6. The van der Waals surface area contributed by atoms with E-state index in [2.05, 4.69) is 25.9 Å². The van der Waals surface area contributed by atoms with Gasteiger partial charge >= 0.3 is 0 Å². The molecule has 2 aromatic heterocycles. The molecule has 30 heavy (non-hydrogen) atoms. The van der Waals surface area contributed by atoms with Gasteiger partial charge in [-0.05, 0) is 25.3 Å². The van der Waals surface area contributed by atoms with E-state index in [0.717, 1.165) is 24.0 Å². The van der Waals surface area contributed by atoms with Crippen molar-refractivity contribution in [2.75, 3.05) is 5.88 Å². The minimum absolute atomic E-state index is 0.0172. The number of carbonyl (C=O) groups excluding carboxylic acids is 2. The van der Waals surface area contributed by atoms with E-state index in [1.165, 1.54) is 0 Å². The van der Waals surface area contributed by atoms with Crippen LogP contribution in [0.15, 0.2) is 36.7 Å². The smallest absolute Gasteiger partial charge is 0.273 e. The van der Waals surface area contributed by atoms with Crippen LogP contribution in [0.2, 0.25) is 0 Å². The van der Waals surface area contributed by atoms with E-state index in [9.17, 15) is 9.59 Å². The number of nitrogens with one attached hydrogen (secondary N) is 1. The number of unbranched alkanes of at least 4 members (excludes halogenated alkanes) is 1. The van der Waals surface area contributed by atoms with Gasteiger partial charge in [0.25, 0.3) is 5.91 Å². The summed E-state index contributed by atoms with van der Waals surface area (Å²) in [6.45, 7) is 3.79. The largest absolute Gasteiger partial charge is 0.347 e. The Balaban J connectivity index is 1.39. The van der Waals surface area contributed by atoms with Crippen LogP contribution in [-0.2, 0) is 30.8 Å². The van der Waals surface area contributed by atoms with E-state index < -0.39 is 0 Å². The predicted octanol–water partition coefficient (Wildman–Crippen LogP) is 1.94. The molecule has 0 aliphatic heterocycles. The van der Waals surface area contributed by atoms with Gasteiger partial charge in [-0.15, -0.1) is 21.8 Å². The molecule has 0 fully saturated rings. The van der Waals surface area contributed by atoms with E-state index in [1.807, 2.05) is 31.2 Å². The molecular formula is C20H24ClN7O2. The van der Waals surface area contributed by atoms with Crippen LogP contribution < -0.4 is 5.32 Å². The highest BCUT2D eigenvalue weighted by Gasteiger charge is 2.11. The average Bonchev–Trinajstić information content (AvgIpc) is 3.39. The van der Waals surface area contributed by atoms with Gasteiger partial charge in [0.2, 0.25) is 0 Å². The number of nitrogens with zero attached hydrogens (tertiary/aromatic N) is 6. The van der Waals surface area contributed by atoms with Gasteiger partial charge in [-0.25, -0.2) is 0 Å². The van der Waals surface area contributed by atoms with E-state index >= 15 is 0 Å². The zero-order valence-electron chi connectivity index (χ0n) is 16.8. The highest BCUT2D eigenvalue weighted by atomic mass is 35.5. The van der Waals surface area contributed by atoms with Crippen LogP contribution in [0.3, 0.4) is 0 Å². The first-order valence-electron chi connectivity index (χ1n) is 9.74. The number of carbonyl (C=O) groups is 2. The van der Waals surface area contributed by atoms with Crippen LogP contribution in [0, 0.1) is 6.92 Å². The monoisotopic (exact) mass is 429 g/mol. The summed E-state index contributed by atoms with van der Waals surface area (Å²) in [6.07, 6.45) is 5.30. The Kier molecular flexibility index (Phi) is 7.67. The van der Waals surface area contributed by atoms with E-state index in [-0.39, 0.29) is 24.0 Å². The third-order valence-electron chi connectivity index (χ3n) is 4.44. The Morgan fingerprint density at radius 1 is 1.07 bits per heavy atom. The molecule has 3 rings (SSSR count). The minimum Gasteiger partial charge on any atom is -0.347 e. The summed E-state index contributed by atoms with van der Waals surface area (Å²) in [7, 11) is 0. The highest BCUT2D eigenvalue weighted by Crippen LogP contribution is 2.05. The summed E-state index contributed by atoms with van der Waals surface area (Å²) >= 11 is 5.50. The number of halogens is 1. The predicted molar refractivity (Wildman–Crippen MR) is 111 cm³/mol. The molecule has 0 bridgehead atoms. The molecule has 0 saturated carbocycles. The molecule has 0 unspecified atom stereocenters. The SMILES string of the molecule is Cc1cccc(CNC(=O)c2cn(CCCCn3cc(CC(=O)CCl)nn3)nn2)c1. The zero-order chi connectivity index (χ0) is 21.3. The van der Waals surface area contributed by atoms with Gasteiger partial charge in [0, 0.05) is 25.8 Å². The van der Waals surface area contributed by atoms with E-state index in [1.54, 1.807) is 21.8 Å². The number of amides is 1. The molecule has 10 heteroatoms. The summed E-state index contributed by atoms with van der Waals surface area (Å²) in [5.74, 6) is -0.338. The average molecular weight is 430 g/mol. The molecule has 1 aromatic carbocycles. The number of rotatable bonds is 11. The van der Waals surface area contributed by atoms with Crippen LogP contribution in [0.25, 0.3) is 0 Å². The van der Waals surface area contributed by atoms with Gasteiger partial charge in [-0.1, -0.05) is 40.3 Å². The lowest BCUT2D eigenvalue weighted by molar-refractivity contribution is -0.116. The van der Waals surface area contributed by atoms with Crippen LogP contribution in [-0.4, -0.2) is 47.6 Å². The third kappa shape index (κ3) is 6.48. The van der Waals surface area contributed by atoms with Gasteiger partial charge in [0.05, 0.1) is 24.2 Å². The topological polar surface area (TPSA) is 108 Å². The molecule has 1 amide bonds. The van der Waals surface area contributed by atoms with Gasteiger partial charge in [0.15, 0.2) is 11.5 Å². The zero-order valence-corrected chi connectivity index (χ0v) is 17.5. The van der Waals surface area contributed by atoms with Crippen LogP contribution >= 0.6 is 11.6 Å². The van der Waals surface area contributed by atoms with E-state index in [4.69, 9.17) is 11.6 Å². The maximum atomic E-state index is 12.3. The van der Waals surface area contributed by atoms with Gasteiger partial charge in [-0.3, -0.25) is 19.0 Å². The number of ketones is 1. The molecule has 0 atom stereocenters. The highest BCUT2D eigenvalue weighted by molar-refractivity contribution is 6.27. The molecule has 0 aliphatic rings. The van der Waals surface area contributed by atoms with Crippen molar-refractivity contribution in [2.45, 2.75) is 45.8 Å². The summed E-state index contributed by atoms with van der Waals surface area (Å²) in [5.41, 5.74) is 3.11. The summed E-state index contributed by atoms with van der Waals surface area (Å²) in [5, 5.41) is 18.8. The Labute approximate surface area is 179 Å². The lowest BCUT2D eigenvalue weighted by Crippen LogP contribution is -2.23. The second kappa shape index (κ2) is 10.6. The molecular weight excluding hydrogens is 406 g/mol. The Bertz CT molecular complexity index is 998. The standard InChI is InChI=1S/C20H24ClN7O2/c1-15-5-4-6-16(9-15)12-22-20(30)19-14-28(26-24-19)8-3-2-7-27-13-17(23-25-27)10-18(29)11-21/h4-6,9,13-14H,2-3,7-8,10-12H2,1H3,(H,22,30). The van der Waals surface area contributed by atoms with Gasteiger partial charge in [-0.2, -0.15) is 0 Å². The number of hydrogen-bond acceptors (Lipinski definition) is 6. The molecule has 2 heterocycles. The molecule has 1 N–H and O–H groups in total. The van der Waals surface area contributed by atoms with Crippen molar-refractivity contribution < 1.29 is 9.59 Å². The fraction of sp³-hybridized carbons (Fsp3) is 0.400. The molecule has 0 spiro atoms. The lowest BCUT2D eigenvalue weighted by Gasteiger charge is -2.04. The molecule has 0 radical (unpaired) electrons. The van der Waals surface area contributed by atoms with Crippen LogP contribution in [0.1, 0.15) is 40.2 Å². The Hall–Kier alpha value is -3.07. The maximum Gasteiger partial charge on any atom is 0.273 e. The molecule has 9 nitrogen and oxygen atoms in total. The number of aryl methyl sites for hydroxylation is 3. The van der Waals surface area contributed by atoms with Gasteiger partial charge in [0.1, 0.15) is 0 Å². The van der Waals surface area contributed by atoms with E-state index in [0.29, 0.717) is 31.0 Å². The second-order valence-corrected chi connectivity index (χ2v) is 7.33. The minimum atomic E-state index is -0.246. The number of Topliss-reactive ketones (excluding diaryl/α,β-unsaturated/α-hetero) is 1. The van der Waals surface area contributed by atoms with Crippen molar-refractivity contribution in [3.05, 3.63) is 59.2 Å². The van der Waals surface area contributed by atoms with Crippen molar-refractivity contribution in [3.63, 3.8) is 0 Å². The number of benzene rings is 1.